The Hall–Kier alpha value is -3.12. The first-order valence-corrected chi connectivity index (χ1v) is 14.1. The summed E-state index contributed by atoms with van der Waals surface area (Å²) in [6, 6.07) is 32.4. The normalized spacial score (nSPS) is 11.1. The van der Waals surface area contributed by atoms with Crippen molar-refractivity contribution in [2.75, 3.05) is 0 Å². The zero-order valence-electron chi connectivity index (χ0n) is 22.7. The zero-order valence-corrected chi connectivity index (χ0v) is 22.7. The second-order valence-electron chi connectivity index (χ2n) is 10.3. The van der Waals surface area contributed by atoms with Crippen LogP contribution in [0.3, 0.4) is 0 Å². The fourth-order valence-electron chi connectivity index (χ4n) is 5.15. The molecule has 36 heavy (non-hydrogen) atoms. The van der Waals surface area contributed by atoms with Gasteiger partial charge in [0.25, 0.3) is 0 Å². The van der Waals surface area contributed by atoms with Gasteiger partial charge < -0.3 is 0 Å². The van der Waals surface area contributed by atoms with Crippen molar-refractivity contribution >= 4 is 0 Å². The second kappa shape index (κ2) is 12.7. The van der Waals surface area contributed by atoms with Crippen molar-refractivity contribution in [3.05, 3.63) is 107 Å². The monoisotopic (exact) mass is 474 g/mol. The summed E-state index contributed by atoms with van der Waals surface area (Å²) >= 11 is 0. The third kappa shape index (κ3) is 6.35. The molecule has 0 heterocycles. The van der Waals surface area contributed by atoms with Crippen molar-refractivity contribution in [1.29, 1.82) is 0 Å². The molecule has 0 amide bonds. The molecular formula is C36H42. The van der Waals surface area contributed by atoms with Crippen molar-refractivity contribution in [1.82, 2.24) is 0 Å². The minimum Gasteiger partial charge on any atom is -0.0654 e. The molecule has 0 N–H and O–H groups in total. The molecule has 0 aliphatic heterocycles. The highest BCUT2D eigenvalue weighted by atomic mass is 14.2. The Morgan fingerprint density at radius 3 is 1.39 bits per heavy atom. The van der Waals surface area contributed by atoms with Crippen LogP contribution >= 0.6 is 0 Å². The number of hydrogen-bond acceptors (Lipinski definition) is 0. The first-order valence-electron chi connectivity index (χ1n) is 14.1. The largest absolute Gasteiger partial charge is 0.0654 e. The average molecular weight is 475 g/mol. The van der Waals surface area contributed by atoms with Crippen LogP contribution in [0.4, 0.5) is 0 Å². The lowest BCUT2D eigenvalue weighted by Crippen LogP contribution is -1.94. The van der Waals surface area contributed by atoms with Crippen molar-refractivity contribution in [2.24, 2.45) is 0 Å². The number of hydrogen-bond donors (Lipinski definition) is 0. The van der Waals surface area contributed by atoms with Crippen molar-refractivity contribution in [3.63, 3.8) is 0 Å². The molecular weight excluding hydrogens is 432 g/mol. The lowest BCUT2D eigenvalue weighted by atomic mass is 9.89. The molecule has 4 aromatic rings. The molecule has 0 heteroatoms. The summed E-state index contributed by atoms with van der Waals surface area (Å²) in [5, 5.41) is 0. The van der Waals surface area contributed by atoms with Gasteiger partial charge in [-0.3, -0.25) is 0 Å². The van der Waals surface area contributed by atoms with Gasteiger partial charge in [0.1, 0.15) is 0 Å². The Labute approximate surface area is 219 Å². The lowest BCUT2D eigenvalue weighted by Gasteiger charge is -2.15. The van der Waals surface area contributed by atoms with E-state index in [1.807, 2.05) is 0 Å². The highest BCUT2D eigenvalue weighted by molar-refractivity contribution is 5.78. The number of aryl methyl sites for hydroxylation is 4. The first kappa shape index (κ1) is 26.0. The van der Waals surface area contributed by atoms with Crippen molar-refractivity contribution in [3.8, 4) is 33.4 Å². The third-order valence-corrected chi connectivity index (χ3v) is 7.35. The van der Waals surface area contributed by atoms with Crippen LogP contribution in [0.1, 0.15) is 75.1 Å². The molecule has 0 aliphatic rings. The molecule has 4 aromatic carbocycles. The van der Waals surface area contributed by atoms with E-state index in [-0.39, 0.29) is 0 Å². The summed E-state index contributed by atoms with van der Waals surface area (Å²) in [7, 11) is 0. The molecule has 0 saturated carbocycles. The Morgan fingerprint density at radius 1 is 0.444 bits per heavy atom. The summed E-state index contributed by atoms with van der Waals surface area (Å²) in [4.78, 5) is 0. The molecule has 0 spiro atoms. The van der Waals surface area contributed by atoms with Crippen LogP contribution in [-0.4, -0.2) is 0 Å². The summed E-state index contributed by atoms with van der Waals surface area (Å²) in [5.74, 6) is 0. The van der Waals surface area contributed by atoms with Gasteiger partial charge in [-0.25, -0.2) is 0 Å². The molecule has 4 rings (SSSR count). The van der Waals surface area contributed by atoms with Crippen LogP contribution in [0.25, 0.3) is 33.4 Å². The van der Waals surface area contributed by atoms with Gasteiger partial charge in [-0.05, 0) is 94.7 Å². The Kier molecular flexibility index (Phi) is 9.17. The molecule has 0 unspecified atom stereocenters. The van der Waals surface area contributed by atoms with Gasteiger partial charge >= 0.3 is 0 Å². The van der Waals surface area contributed by atoms with E-state index in [0.29, 0.717) is 0 Å². The van der Waals surface area contributed by atoms with E-state index in [4.69, 9.17) is 0 Å². The van der Waals surface area contributed by atoms with Gasteiger partial charge in [0, 0.05) is 0 Å². The Bertz CT molecular complexity index is 1240. The van der Waals surface area contributed by atoms with Crippen molar-refractivity contribution in [2.45, 2.75) is 79.1 Å². The van der Waals surface area contributed by atoms with E-state index in [2.05, 4.69) is 113 Å². The van der Waals surface area contributed by atoms with E-state index in [0.717, 1.165) is 12.8 Å². The van der Waals surface area contributed by atoms with Gasteiger partial charge in [0.15, 0.2) is 0 Å². The highest BCUT2D eigenvalue weighted by Gasteiger charge is 2.11. The maximum Gasteiger partial charge on any atom is -0.0149 e. The first-order chi connectivity index (χ1) is 17.6. The SMILES string of the molecule is CCCCc1ccc(-c2ccc(-c3ccc(-c4ccc(CCCC)cc4)cc3CCC)c(C)c2)cc1. The fraction of sp³-hybridized carbons (Fsp3) is 0.333. The van der Waals surface area contributed by atoms with E-state index >= 15 is 0 Å². The summed E-state index contributed by atoms with van der Waals surface area (Å²) in [6.45, 7) is 9.04. The van der Waals surface area contributed by atoms with Crippen LogP contribution in [-0.2, 0) is 19.3 Å². The highest BCUT2D eigenvalue weighted by Crippen LogP contribution is 2.34. The van der Waals surface area contributed by atoms with E-state index in [1.54, 1.807) is 0 Å². The fourth-order valence-corrected chi connectivity index (χ4v) is 5.15. The minimum atomic E-state index is 1.10. The Balaban J connectivity index is 1.60. The lowest BCUT2D eigenvalue weighted by molar-refractivity contribution is 0.795. The van der Waals surface area contributed by atoms with Crippen LogP contribution in [0, 0.1) is 6.92 Å². The molecule has 0 radical (unpaired) electrons. The van der Waals surface area contributed by atoms with Gasteiger partial charge in [0.05, 0.1) is 0 Å². The molecule has 0 saturated heterocycles. The Morgan fingerprint density at radius 2 is 0.917 bits per heavy atom. The quantitative estimate of drug-likeness (QED) is 0.203. The van der Waals surface area contributed by atoms with E-state index in [9.17, 15) is 0 Å². The molecule has 0 bridgehead atoms. The molecule has 186 valence electrons. The summed E-state index contributed by atoms with van der Waals surface area (Å²) in [6.07, 6.45) is 9.60. The molecule has 0 nitrogen and oxygen atoms in total. The van der Waals surface area contributed by atoms with Crippen LogP contribution in [0.5, 0.6) is 0 Å². The van der Waals surface area contributed by atoms with Crippen LogP contribution in [0.2, 0.25) is 0 Å². The van der Waals surface area contributed by atoms with Gasteiger partial charge in [-0.2, -0.15) is 0 Å². The predicted octanol–water partition coefficient (Wildman–Crippen LogP) is 10.6. The summed E-state index contributed by atoms with van der Waals surface area (Å²) < 4.78 is 0. The topological polar surface area (TPSA) is 0 Å². The smallest absolute Gasteiger partial charge is 0.0149 e. The maximum absolute atomic E-state index is 2.42. The average Bonchev–Trinajstić information content (AvgIpc) is 2.92. The van der Waals surface area contributed by atoms with Gasteiger partial charge in [-0.15, -0.1) is 0 Å². The van der Waals surface area contributed by atoms with Crippen LogP contribution < -0.4 is 0 Å². The predicted molar refractivity (Wildman–Crippen MR) is 159 cm³/mol. The van der Waals surface area contributed by atoms with E-state index in [1.165, 1.54) is 94.2 Å². The van der Waals surface area contributed by atoms with Gasteiger partial charge in [0.2, 0.25) is 0 Å². The van der Waals surface area contributed by atoms with Crippen molar-refractivity contribution < 1.29 is 0 Å². The minimum absolute atomic E-state index is 1.10. The van der Waals surface area contributed by atoms with Crippen LogP contribution in [0.15, 0.2) is 84.9 Å². The number of benzene rings is 4. The molecule has 0 aromatic heterocycles. The zero-order chi connectivity index (χ0) is 25.3. The summed E-state index contributed by atoms with van der Waals surface area (Å²) in [5.41, 5.74) is 13.6. The van der Waals surface area contributed by atoms with Gasteiger partial charge in [-0.1, -0.05) is 125 Å². The van der Waals surface area contributed by atoms with E-state index < -0.39 is 0 Å². The molecule has 0 atom stereocenters. The standard InChI is InChI=1S/C36H42/c1-5-8-11-28-13-17-30(18-14-28)32-21-23-35(27(4)25-32)36-24-22-33(26-34(36)10-7-3)31-19-15-29(16-20-31)12-9-6-2/h13-26H,5-12H2,1-4H3. The molecule has 0 aliphatic carbocycles. The third-order valence-electron chi connectivity index (χ3n) is 7.35. The second-order valence-corrected chi connectivity index (χ2v) is 10.3. The number of unbranched alkanes of at least 4 members (excludes halogenated alkanes) is 2. The maximum atomic E-state index is 2.42. The number of rotatable bonds is 11. The molecule has 0 fully saturated rings.